The number of hydrogen-bond acceptors (Lipinski definition) is 1. The third-order valence-electron chi connectivity index (χ3n) is 10.3. The molecule has 0 amide bonds. The molecule has 8 aromatic rings. The van der Waals surface area contributed by atoms with Crippen LogP contribution >= 0.6 is 0 Å². The first-order valence-corrected chi connectivity index (χ1v) is 16.5. The first-order chi connectivity index (χ1) is 37.3. The Bertz CT molecular complexity index is 4240. The van der Waals surface area contributed by atoms with E-state index in [1.54, 1.807) is 13.8 Å². The average molecular weight is 703 g/mol. The van der Waals surface area contributed by atoms with Gasteiger partial charge in [-0.1, -0.05) is 165 Å². The van der Waals surface area contributed by atoms with E-state index in [-0.39, 0.29) is 66.8 Å². The van der Waals surface area contributed by atoms with Gasteiger partial charge >= 0.3 is 0 Å². The quantitative estimate of drug-likeness (QED) is 0.176. The van der Waals surface area contributed by atoms with Crippen LogP contribution in [-0.2, 0) is 10.8 Å². The van der Waals surface area contributed by atoms with Crippen molar-refractivity contribution < 1.29 is 37.0 Å². The Kier molecular flexibility index (Phi) is 2.88. The Morgan fingerprint density at radius 3 is 1.43 bits per heavy atom. The molecule has 1 nitrogen and oxygen atoms in total. The molecule has 0 bridgehead atoms. The molecule has 0 radical (unpaired) electrons. The van der Waals surface area contributed by atoms with Crippen molar-refractivity contribution >= 4 is 17.1 Å². The molecule has 1 spiro atoms. The van der Waals surface area contributed by atoms with E-state index in [0.29, 0.717) is 0 Å². The van der Waals surface area contributed by atoms with Crippen LogP contribution in [0.5, 0.6) is 0 Å². The molecule has 0 saturated carbocycles. The maximum atomic E-state index is 10.0. The second-order valence-electron chi connectivity index (χ2n) is 13.2. The molecule has 11 rings (SSSR count). The van der Waals surface area contributed by atoms with Gasteiger partial charge in [0.2, 0.25) is 0 Å². The summed E-state index contributed by atoms with van der Waals surface area (Å²) in [6.07, 6.45) is 0. The predicted octanol–water partition coefficient (Wildman–Crippen LogP) is 13.5. The first kappa shape index (κ1) is 13.8. The van der Waals surface area contributed by atoms with Gasteiger partial charge in [-0.05, 0) is 114 Å². The summed E-state index contributed by atoms with van der Waals surface area (Å²) >= 11 is 0. The topological polar surface area (TPSA) is 3.24 Å². The van der Waals surface area contributed by atoms with Crippen LogP contribution < -0.4 is 4.90 Å². The standard InChI is InChI=1S/C52H37N/c1-51(2)45-20-10-6-16-39(45)43-30-28-37(32-49(43)51)53(36-26-24-35(25-27-36)34-14-4-3-5-15-34)38-29-31-44-42-19-9-13-23-48(42)52(50(44)33-38)46-21-11-7-17-40(46)41-18-8-12-22-47(41)52/h3-33H,1-2H3/i3D,4D,5D,6D,7D,8D,9D,10D,11D,12D,13D,14D,15D,16D,17D,18D,19D,20D,21D,24D,25D,26D,27D,28D,29D,30D,31D. The number of fused-ring (bicyclic) bond motifs is 13. The van der Waals surface area contributed by atoms with Crippen molar-refractivity contribution in [3.05, 3.63) is 221 Å². The van der Waals surface area contributed by atoms with Gasteiger partial charge in [-0.15, -0.1) is 0 Å². The molecule has 53 heavy (non-hydrogen) atoms. The maximum absolute atomic E-state index is 10.0. The van der Waals surface area contributed by atoms with Crippen molar-refractivity contribution in [3.63, 3.8) is 0 Å². The van der Waals surface area contributed by atoms with Gasteiger partial charge < -0.3 is 4.90 Å². The zero-order chi connectivity index (χ0) is 58.8. The van der Waals surface area contributed by atoms with Crippen LogP contribution in [0.15, 0.2) is 187 Å². The van der Waals surface area contributed by atoms with Crippen LogP contribution in [0.25, 0.3) is 44.5 Å². The van der Waals surface area contributed by atoms with Crippen molar-refractivity contribution in [2.45, 2.75) is 24.7 Å². The smallest absolute Gasteiger partial charge is 0.0726 e. The van der Waals surface area contributed by atoms with Crippen LogP contribution in [0.4, 0.5) is 17.1 Å². The van der Waals surface area contributed by atoms with Crippen molar-refractivity contribution in [1.29, 1.82) is 0 Å². The van der Waals surface area contributed by atoms with Gasteiger partial charge in [-0.2, -0.15) is 0 Å². The highest BCUT2D eigenvalue weighted by Crippen LogP contribution is 2.63. The van der Waals surface area contributed by atoms with Crippen molar-refractivity contribution in [2.75, 3.05) is 4.90 Å². The lowest BCUT2D eigenvalue weighted by molar-refractivity contribution is 0.660. The van der Waals surface area contributed by atoms with Crippen LogP contribution in [-0.4, -0.2) is 0 Å². The Hall–Kier alpha value is -6.44. The molecule has 0 heterocycles. The van der Waals surface area contributed by atoms with E-state index >= 15 is 0 Å². The average Bonchev–Trinajstić information content (AvgIpc) is 4.12. The Labute approximate surface area is 349 Å². The molecule has 1 atom stereocenters. The van der Waals surface area contributed by atoms with Crippen molar-refractivity contribution in [1.82, 2.24) is 0 Å². The fourth-order valence-electron chi connectivity index (χ4n) is 7.99. The van der Waals surface area contributed by atoms with Crippen LogP contribution in [0.1, 0.15) is 84.2 Å². The highest BCUT2D eigenvalue weighted by atomic mass is 15.1. The molecule has 1 heteroatoms. The molecule has 3 aliphatic carbocycles. The highest BCUT2D eigenvalue weighted by Gasteiger charge is 2.51. The molecule has 3 aliphatic rings. The van der Waals surface area contributed by atoms with E-state index in [1.807, 2.05) is 0 Å². The molecular formula is C52H37N. The van der Waals surface area contributed by atoms with Gasteiger partial charge in [0, 0.05) is 22.5 Å². The van der Waals surface area contributed by atoms with E-state index in [4.69, 9.17) is 20.6 Å². The predicted molar refractivity (Wildman–Crippen MR) is 220 cm³/mol. The molecule has 1 unspecified atom stereocenters. The first-order valence-electron chi connectivity index (χ1n) is 30.0. The van der Waals surface area contributed by atoms with Crippen LogP contribution in [0, 0.1) is 0 Å². The molecule has 0 aliphatic heterocycles. The van der Waals surface area contributed by atoms with Gasteiger partial charge in [-0.3, -0.25) is 0 Å². The Morgan fingerprint density at radius 1 is 0.358 bits per heavy atom. The number of rotatable bonds is 4. The molecule has 8 aromatic carbocycles. The number of anilines is 3. The van der Waals surface area contributed by atoms with Crippen LogP contribution in [0.2, 0.25) is 0 Å². The molecule has 0 fully saturated rings. The fraction of sp³-hybridized carbons (Fsp3) is 0.0769. The lowest BCUT2D eigenvalue weighted by atomic mass is 9.70. The summed E-state index contributed by atoms with van der Waals surface area (Å²) in [7, 11) is 0. The molecule has 0 N–H and O–H groups in total. The third-order valence-corrected chi connectivity index (χ3v) is 10.3. The van der Waals surface area contributed by atoms with E-state index in [2.05, 4.69) is 0 Å². The number of hydrogen-bond donors (Lipinski definition) is 0. The zero-order valence-electron chi connectivity index (χ0n) is 54.8. The zero-order valence-corrected chi connectivity index (χ0v) is 27.8. The molecule has 0 aromatic heterocycles. The monoisotopic (exact) mass is 702 g/mol. The summed E-state index contributed by atoms with van der Waals surface area (Å²) in [5.74, 6) is 0. The van der Waals surface area contributed by atoms with Gasteiger partial charge in [0.05, 0.1) is 42.4 Å². The van der Waals surface area contributed by atoms with E-state index in [9.17, 15) is 16.4 Å². The Morgan fingerprint density at radius 2 is 0.792 bits per heavy atom. The molecule has 250 valence electrons. The minimum absolute atomic E-state index is 0.0318. The van der Waals surface area contributed by atoms with Crippen molar-refractivity contribution in [3.8, 4) is 44.5 Å². The Balaban J connectivity index is 1.35. The summed E-state index contributed by atoms with van der Waals surface area (Å²) in [4.78, 5) is 0.835. The van der Waals surface area contributed by atoms with E-state index in [0.717, 1.165) is 23.1 Å². The summed E-state index contributed by atoms with van der Waals surface area (Å²) in [6.45, 7) is 3.15. The summed E-state index contributed by atoms with van der Waals surface area (Å²) in [5.41, 5.74) is -9.57. The minimum Gasteiger partial charge on any atom is -0.310 e. The SMILES string of the molecule is [2H]c1cc2c(c([2H])c1[2H])-c1c(cc(N(c3cc4c(c([2H])c3[2H])-c3c([2H])c([2H])c([2H])c([2H])c3C4(C)C)c3c([2H])c([2H])c(-c4c([2H])c([2H])c([2H])c([2H])c4[2H])c([2H])c3[2H])c([2H])c1[2H])C21c2cc([2H])c([2H])c([2H])c2-c2c([2H])c([2H])c([2H])c([2H])c21. The highest BCUT2D eigenvalue weighted by molar-refractivity contribution is 5.96. The van der Waals surface area contributed by atoms with Gasteiger partial charge in [0.15, 0.2) is 0 Å². The van der Waals surface area contributed by atoms with Crippen molar-refractivity contribution in [2.24, 2.45) is 0 Å². The number of benzene rings is 8. The van der Waals surface area contributed by atoms with E-state index < -0.39 is 202 Å². The number of nitrogens with zero attached hydrogens (tertiary/aromatic N) is 1. The lowest BCUT2D eigenvalue weighted by Crippen LogP contribution is -2.26. The molecular weight excluding hydrogens is 639 g/mol. The van der Waals surface area contributed by atoms with Crippen LogP contribution in [0.3, 0.4) is 0 Å². The van der Waals surface area contributed by atoms with Gasteiger partial charge in [-0.25, -0.2) is 0 Å². The summed E-state index contributed by atoms with van der Waals surface area (Å²) in [5, 5.41) is 0. The molecule has 0 saturated heterocycles. The maximum Gasteiger partial charge on any atom is 0.0726 e. The summed E-state index contributed by atoms with van der Waals surface area (Å²) in [6, 6.07) is -16.1. The second-order valence-corrected chi connectivity index (χ2v) is 13.2. The third kappa shape index (κ3) is 4.08. The van der Waals surface area contributed by atoms with Gasteiger partial charge in [0.25, 0.3) is 0 Å². The normalized spacial score (nSPS) is 23.5. The fourth-order valence-corrected chi connectivity index (χ4v) is 7.99. The van der Waals surface area contributed by atoms with Gasteiger partial charge in [0.1, 0.15) is 0 Å². The largest absolute Gasteiger partial charge is 0.310 e. The van der Waals surface area contributed by atoms with E-state index in [1.165, 1.54) is 6.07 Å². The lowest BCUT2D eigenvalue weighted by Gasteiger charge is -2.32. The summed E-state index contributed by atoms with van der Waals surface area (Å²) < 4.78 is 247. The second kappa shape index (κ2) is 11.0. The minimum atomic E-state index is -2.34.